The van der Waals surface area contributed by atoms with Crippen LogP contribution in [-0.2, 0) is 11.3 Å². The fourth-order valence-corrected chi connectivity index (χ4v) is 1.97. The Bertz CT molecular complexity index is 700. The van der Waals surface area contributed by atoms with E-state index in [1.54, 1.807) is 35.3 Å². The van der Waals surface area contributed by atoms with Crippen molar-refractivity contribution in [3.63, 3.8) is 0 Å². The summed E-state index contributed by atoms with van der Waals surface area (Å²) in [6.45, 7) is 1.42. The lowest BCUT2D eigenvalue weighted by molar-refractivity contribution is -0.252. The number of alkyl halides is 3. The lowest BCUT2D eigenvalue weighted by atomic mass is 10.0. The molecule has 25 heavy (non-hydrogen) atoms. The summed E-state index contributed by atoms with van der Waals surface area (Å²) in [7, 11) is 0. The Morgan fingerprint density at radius 3 is 2.76 bits per heavy atom. The minimum Gasteiger partial charge on any atom is -0.492 e. The zero-order valence-corrected chi connectivity index (χ0v) is 13.5. The third kappa shape index (κ3) is 5.49. The number of hydrogen-bond acceptors (Lipinski definition) is 4. The van der Waals surface area contributed by atoms with Gasteiger partial charge >= 0.3 is 6.18 Å². The number of halogens is 3. The van der Waals surface area contributed by atoms with E-state index in [4.69, 9.17) is 4.74 Å². The van der Waals surface area contributed by atoms with Gasteiger partial charge < -0.3 is 15.2 Å². The van der Waals surface area contributed by atoms with Crippen molar-refractivity contribution < 1.29 is 27.8 Å². The number of rotatable bonds is 7. The van der Waals surface area contributed by atoms with Gasteiger partial charge in [-0.1, -0.05) is 6.07 Å². The summed E-state index contributed by atoms with van der Waals surface area (Å²) in [5.41, 5.74) is -2.81. The molecule has 1 atom stereocenters. The zero-order valence-electron chi connectivity index (χ0n) is 13.5. The van der Waals surface area contributed by atoms with E-state index >= 15 is 0 Å². The first kappa shape index (κ1) is 18.8. The number of ether oxygens (including phenoxy) is 1. The van der Waals surface area contributed by atoms with Gasteiger partial charge in [-0.2, -0.15) is 18.3 Å². The highest BCUT2D eigenvalue weighted by Gasteiger charge is 2.50. The van der Waals surface area contributed by atoms with Crippen LogP contribution in [0.3, 0.4) is 0 Å². The van der Waals surface area contributed by atoms with Gasteiger partial charge in [0.05, 0.1) is 13.0 Å². The zero-order chi connectivity index (χ0) is 18.5. The van der Waals surface area contributed by atoms with Crippen molar-refractivity contribution in [3.05, 3.63) is 42.7 Å². The summed E-state index contributed by atoms with van der Waals surface area (Å²) in [5, 5.41) is 15.7. The van der Waals surface area contributed by atoms with Crippen LogP contribution in [0.25, 0.3) is 0 Å². The van der Waals surface area contributed by atoms with E-state index in [-0.39, 0.29) is 5.69 Å². The number of carbonyl (C=O) groups is 1. The van der Waals surface area contributed by atoms with Crippen LogP contribution in [0.2, 0.25) is 0 Å². The molecule has 0 fully saturated rings. The van der Waals surface area contributed by atoms with Crippen molar-refractivity contribution in [1.29, 1.82) is 0 Å². The van der Waals surface area contributed by atoms with Gasteiger partial charge in [0.15, 0.2) is 5.60 Å². The Morgan fingerprint density at radius 1 is 1.36 bits per heavy atom. The highest BCUT2D eigenvalue weighted by Crippen LogP contribution is 2.32. The standard InChI is InChI=1S/C16H18F3N3O3/c1-15(24,16(17,18)19)11-14(23)21-12-4-2-5-13(10-12)25-9-8-22-7-3-6-20-22/h2-7,10,24H,8-9,11H2,1H3,(H,21,23)/t15-/m0/s1. The number of nitrogens with one attached hydrogen (secondary N) is 1. The smallest absolute Gasteiger partial charge is 0.417 e. The molecule has 9 heteroatoms. The summed E-state index contributed by atoms with van der Waals surface area (Å²) in [6, 6.07) is 8.04. The predicted octanol–water partition coefficient (Wildman–Crippen LogP) is 2.60. The minimum absolute atomic E-state index is 0.277. The summed E-state index contributed by atoms with van der Waals surface area (Å²) >= 11 is 0. The molecule has 0 aliphatic heterocycles. The van der Waals surface area contributed by atoms with E-state index in [1.807, 2.05) is 0 Å². The monoisotopic (exact) mass is 357 g/mol. The molecule has 0 radical (unpaired) electrons. The van der Waals surface area contributed by atoms with Crippen LogP contribution in [0.4, 0.5) is 18.9 Å². The second-order valence-corrected chi connectivity index (χ2v) is 5.64. The summed E-state index contributed by atoms with van der Waals surface area (Å²) in [5.74, 6) is -0.497. The van der Waals surface area contributed by atoms with Gasteiger partial charge in [0.25, 0.3) is 0 Å². The third-order valence-corrected chi connectivity index (χ3v) is 3.38. The number of nitrogens with zero attached hydrogens (tertiary/aromatic N) is 2. The maximum absolute atomic E-state index is 12.6. The summed E-state index contributed by atoms with van der Waals surface area (Å²) in [4.78, 5) is 11.7. The number of carbonyl (C=O) groups excluding carboxylic acids is 1. The molecular formula is C16H18F3N3O3. The average Bonchev–Trinajstić information content (AvgIpc) is 2.99. The molecule has 136 valence electrons. The molecule has 2 aromatic rings. The lowest BCUT2D eigenvalue weighted by Crippen LogP contribution is -2.44. The summed E-state index contributed by atoms with van der Waals surface area (Å²) < 4.78 is 45.0. The predicted molar refractivity (Wildman–Crippen MR) is 84.1 cm³/mol. The van der Waals surface area contributed by atoms with Crippen molar-refractivity contribution in [2.24, 2.45) is 0 Å². The topological polar surface area (TPSA) is 76.4 Å². The molecule has 2 rings (SSSR count). The van der Waals surface area contributed by atoms with Crippen LogP contribution in [0.1, 0.15) is 13.3 Å². The van der Waals surface area contributed by atoms with Crippen molar-refractivity contribution in [2.45, 2.75) is 31.7 Å². The molecule has 0 aliphatic rings. The van der Waals surface area contributed by atoms with E-state index < -0.39 is 24.1 Å². The van der Waals surface area contributed by atoms with Crippen molar-refractivity contribution in [1.82, 2.24) is 9.78 Å². The van der Waals surface area contributed by atoms with Gasteiger partial charge in [-0.05, 0) is 25.1 Å². The largest absolute Gasteiger partial charge is 0.492 e. The van der Waals surface area contributed by atoms with Crippen molar-refractivity contribution in [3.8, 4) is 5.75 Å². The molecule has 1 amide bonds. The van der Waals surface area contributed by atoms with Crippen LogP contribution in [0.15, 0.2) is 42.7 Å². The van der Waals surface area contributed by atoms with Crippen LogP contribution in [-0.4, -0.2) is 39.2 Å². The van der Waals surface area contributed by atoms with Crippen LogP contribution >= 0.6 is 0 Å². The fourth-order valence-electron chi connectivity index (χ4n) is 1.97. The fraction of sp³-hybridized carbons (Fsp3) is 0.375. The molecule has 2 N–H and O–H groups in total. The number of benzene rings is 1. The number of aromatic nitrogens is 2. The molecule has 0 saturated heterocycles. The quantitative estimate of drug-likeness (QED) is 0.799. The second kappa shape index (κ2) is 7.56. The van der Waals surface area contributed by atoms with Crippen molar-refractivity contribution >= 4 is 11.6 Å². The van der Waals surface area contributed by atoms with Gasteiger partial charge in [0.1, 0.15) is 12.4 Å². The molecule has 0 bridgehead atoms. The highest BCUT2D eigenvalue weighted by molar-refractivity contribution is 5.91. The molecule has 0 saturated carbocycles. The third-order valence-electron chi connectivity index (χ3n) is 3.38. The van der Waals surface area contributed by atoms with Gasteiger partial charge in [-0.15, -0.1) is 0 Å². The Balaban J connectivity index is 1.89. The van der Waals surface area contributed by atoms with Gasteiger partial charge in [-0.3, -0.25) is 9.48 Å². The first-order valence-electron chi connectivity index (χ1n) is 7.47. The maximum Gasteiger partial charge on any atom is 0.417 e. The number of aliphatic hydroxyl groups is 1. The molecule has 6 nitrogen and oxygen atoms in total. The van der Waals surface area contributed by atoms with E-state index in [2.05, 4.69) is 10.4 Å². The first-order chi connectivity index (χ1) is 11.7. The van der Waals surface area contributed by atoms with Gasteiger partial charge in [0.2, 0.25) is 5.91 Å². The Kier molecular flexibility index (Phi) is 5.68. The Hall–Kier alpha value is -2.55. The molecule has 1 aromatic heterocycles. The van der Waals surface area contributed by atoms with E-state index in [0.717, 1.165) is 0 Å². The SMILES string of the molecule is C[C@](O)(CC(=O)Nc1cccc(OCCn2cccn2)c1)C(F)(F)F. The van der Waals surface area contributed by atoms with Crippen LogP contribution in [0.5, 0.6) is 5.75 Å². The van der Waals surface area contributed by atoms with Gasteiger partial charge in [-0.25, -0.2) is 0 Å². The molecule has 0 unspecified atom stereocenters. The highest BCUT2D eigenvalue weighted by atomic mass is 19.4. The number of hydrogen-bond donors (Lipinski definition) is 2. The van der Waals surface area contributed by atoms with Crippen LogP contribution in [0, 0.1) is 0 Å². The molecule has 1 heterocycles. The Labute approximate surface area is 142 Å². The second-order valence-electron chi connectivity index (χ2n) is 5.64. The molecule has 0 aliphatic carbocycles. The maximum atomic E-state index is 12.6. The molecular weight excluding hydrogens is 339 g/mol. The summed E-state index contributed by atoms with van der Waals surface area (Å²) in [6.07, 6.45) is -2.55. The van der Waals surface area contributed by atoms with Crippen LogP contribution < -0.4 is 10.1 Å². The normalized spacial score (nSPS) is 14.0. The molecule has 1 aromatic carbocycles. The van der Waals surface area contributed by atoms with E-state index in [0.29, 0.717) is 25.8 Å². The average molecular weight is 357 g/mol. The minimum atomic E-state index is -4.89. The van der Waals surface area contributed by atoms with E-state index in [9.17, 15) is 23.1 Å². The van der Waals surface area contributed by atoms with E-state index in [1.165, 1.54) is 12.1 Å². The van der Waals surface area contributed by atoms with Crippen molar-refractivity contribution in [2.75, 3.05) is 11.9 Å². The van der Waals surface area contributed by atoms with Gasteiger partial charge in [0, 0.05) is 24.1 Å². The lowest BCUT2D eigenvalue weighted by Gasteiger charge is -2.25. The Morgan fingerprint density at radius 2 is 2.12 bits per heavy atom. The number of anilines is 1. The number of amides is 1. The molecule has 0 spiro atoms. The first-order valence-corrected chi connectivity index (χ1v) is 7.47.